The third kappa shape index (κ3) is 3.45. The fourth-order valence-corrected chi connectivity index (χ4v) is 3.62. The monoisotopic (exact) mass is 356 g/mol. The van der Waals surface area contributed by atoms with Crippen LogP contribution in [0.3, 0.4) is 0 Å². The zero-order valence-electron chi connectivity index (χ0n) is 15.0. The molecular weight excluding hydrogens is 332 g/mol. The van der Waals surface area contributed by atoms with Crippen LogP contribution in [-0.4, -0.2) is 54.8 Å². The number of aromatic amines is 1. The molecule has 0 saturated carbocycles. The number of H-pyrrole nitrogens is 1. The molecule has 7 nitrogen and oxygen atoms in total. The molecule has 26 heavy (non-hydrogen) atoms. The van der Waals surface area contributed by atoms with E-state index in [2.05, 4.69) is 20.9 Å². The van der Waals surface area contributed by atoms with Gasteiger partial charge in [0.1, 0.15) is 5.75 Å². The molecule has 1 N–H and O–H groups in total. The van der Waals surface area contributed by atoms with E-state index in [0.717, 1.165) is 55.2 Å². The molecule has 2 aliphatic heterocycles. The van der Waals surface area contributed by atoms with Crippen molar-refractivity contribution in [2.24, 2.45) is 0 Å². The number of hydrogen-bond donors (Lipinski definition) is 1. The Hall–Kier alpha value is -2.38. The summed E-state index contributed by atoms with van der Waals surface area (Å²) in [6.45, 7) is 5.15. The lowest BCUT2D eigenvalue weighted by molar-refractivity contribution is 0.122. The van der Waals surface area contributed by atoms with Crippen LogP contribution >= 0.6 is 0 Å². The quantitative estimate of drug-likeness (QED) is 0.887. The zero-order chi connectivity index (χ0) is 17.9. The lowest BCUT2D eigenvalue weighted by Crippen LogP contribution is -2.40. The molecule has 0 radical (unpaired) electrons. The van der Waals surface area contributed by atoms with Gasteiger partial charge in [-0.1, -0.05) is 18.2 Å². The lowest BCUT2D eigenvalue weighted by Gasteiger charge is -2.31. The van der Waals surface area contributed by atoms with Crippen molar-refractivity contribution in [2.75, 3.05) is 44.9 Å². The molecule has 0 unspecified atom stereocenters. The predicted octanol–water partition coefficient (Wildman–Crippen LogP) is 1.17. The molecule has 0 aliphatic carbocycles. The Kier molecular flexibility index (Phi) is 4.90. The molecule has 1 saturated heterocycles. The van der Waals surface area contributed by atoms with Crippen LogP contribution in [0, 0.1) is 0 Å². The van der Waals surface area contributed by atoms with Crippen molar-refractivity contribution in [3.63, 3.8) is 0 Å². The summed E-state index contributed by atoms with van der Waals surface area (Å²) < 4.78 is 10.8. The van der Waals surface area contributed by atoms with Crippen molar-refractivity contribution >= 4 is 5.95 Å². The number of aromatic nitrogens is 2. The first-order valence-corrected chi connectivity index (χ1v) is 9.03. The molecule has 138 valence electrons. The summed E-state index contributed by atoms with van der Waals surface area (Å²) in [6.07, 6.45) is 0.718. The van der Waals surface area contributed by atoms with E-state index in [1.54, 1.807) is 7.11 Å². The van der Waals surface area contributed by atoms with Crippen molar-refractivity contribution in [3.05, 3.63) is 51.4 Å². The Balaban J connectivity index is 1.55. The maximum absolute atomic E-state index is 12.5. The summed E-state index contributed by atoms with van der Waals surface area (Å²) in [7, 11) is 1.69. The van der Waals surface area contributed by atoms with Gasteiger partial charge in [-0.2, -0.15) is 0 Å². The van der Waals surface area contributed by atoms with Gasteiger partial charge in [-0.3, -0.25) is 14.7 Å². The van der Waals surface area contributed by atoms with Gasteiger partial charge < -0.3 is 14.4 Å². The van der Waals surface area contributed by atoms with Gasteiger partial charge in [0, 0.05) is 43.9 Å². The standard InChI is InChI=1S/C19H24N4O3/c1-25-17-5-3-2-4-14(17)12-22-7-6-15-16(13-22)20-19(21-18(15)24)23-8-10-26-11-9-23/h2-5H,6-13H2,1H3,(H,20,21,24). The van der Waals surface area contributed by atoms with Gasteiger partial charge in [0.05, 0.1) is 26.0 Å². The molecular formula is C19H24N4O3. The van der Waals surface area contributed by atoms with Crippen LogP contribution in [0.15, 0.2) is 29.1 Å². The van der Waals surface area contributed by atoms with E-state index in [4.69, 9.17) is 14.5 Å². The maximum Gasteiger partial charge on any atom is 0.255 e. The van der Waals surface area contributed by atoms with Crippen molar-refractivity contribution in [1.29, 1.82) is 0 Å². The van der Waals surface area contributed by atoms with E-state index in [1.807, 2.05) is 18.2 Å². The van der Waals surface area contributed by atoms with Crippen LogP contribution in [0.1, 0.15) is 16.8 Å². The third-order valence-corrected chi connectivity index (χ3v) is 5.04. The largest absolute Gasteiger partial charge is 0.496 e. The van der Waals surface area contributed by atoms with Crippen LogP contribution in [0.2, 0.25) is 0 Å². The Morgan fingerprint density at radius 3 is 2.85 bits per heavy atom. The average Bonchev–Trinajstić information content (AvgIpc) is 2.69. The number of morpholine rings is 1. The highest BCUT2D eigenvalue weighted by Gasteiger charge is 2.23. The summed E-state index contributed by atoms with van der Waals surface area (Å²) in [4.78, 5) is 24.6. The number of para-hydroxylation sites is 1. The van der Waals surface area contributed by atoms with Gasteiger partial charge in [0.2, 0.25) is 5.95 Å². The number of methoxy groups -OCH3 is 1. The molecule has 1 aromatic carbocycles. The highest BCUT2D eigenvalue weighted by atomic mass is 16.5. The third-order valence-electron chi connectivity index (χ3n) is 5.04. The van der Waals surface area contributed by atoms with Crippen LogP contribution in [0.5, 0.6) is 5.75 Å². The van der Waals surface area contributed by atoms with Gasteiger partial charge in [0.15, 0.2) is 0 Å². The fourth-order valence-electron chi connectivity index (χ4n) is 3.62. The number of benzene rings is 1. The average molecular weight is 356 g/mol. The predicted molar refractivity (Wildman–Crippen MR) is 98.7 cm³/mol. The number of fused-ring (bicyclic) bond motifs is 1. The van der Waals surface area contributed by atoms with Crippen molar-refractivity contribution in [2.45, 2.75) is 19.5 Å². The molecule has 4 rings (SSSR count). The van der Waals surface area contributed by atoms with E-state index in [0.29, 0.717) is 25.7 Å². The van der Waals surface area contributed by atoms with Gasteiger partial charge in [-0.15, -0.1) is 0 Å². The smallest absolute Gasteiger partial charge is 0.255 e. The number of ether oxygens (including phenoxy) is 2. The van der Waals surface area contributed by atoms with E-state index in [9.17, 15) is 4.79 Å². The number of anilines is 1. The molecule has 1 aromatic heterocycles. The minimum atomic E-state index is -0.00608. The van der Waals surface area contributed by atoms with Crippen LogP contribution in [0.25, 0.3) is 0 Å². The fraction of sp³-hybridized carbons (Fsp3) is 0.474. The van der Waals surface area contributed by atoms with Crippen LogP contribution in [0.4, 0.5) is 5.95 Å². The van der Waals surface area contributed by atoms with E-state index >= 15 is 0 Å². The summed E-state index contributed by atoms with van der Waals surface area (Å²) in [5.41, 5.74) is 2.85. The number of nitrogens with zero attached hydrogens (tertiary/aromatic N) is 3. The highest BCUT2D eigenvalue weighted by molar-refractivity contribution is 5.36. The van der Waals surface area contributed by atoms with Crippen molar-refractivity contribution in [3.8, 4) is 5.75 Å². The first kappa shape index (κ1) is 17.1. The SMILES string of the molecule is COc1ccccc1CN1CCc2c(nc(N3CCOCC3)[nH]c2=O)C1. The summed E-state index contributed by atoms with van der Waals surface area (Å²) in [5.74, 6) is 1.56. The Morgan fingerprint density at radius 1 is 1.23 bits per heavy atom. The minimum Gasteiger partial charge on any atom is -0.496 e. The topological polar surface area (TPSA) is 70.7 Å². The second kappa shape index (κ2) is 7.47. The second-order valence-corrected chi connectivity index (χ2v) is 6.69. The first-order chi connectivity index (χ1) is 12.7. The normalized spacial score (nSPS) is 17.8. The highest BCUT2D eigenvalue weighted by Crippen LogP contribution is 2.23. The molecule has 7 heteroatoms. The lowest BCUT2D eigenvalue weighted by atomic mass is 10.1. The molecule has 1 fully saturated rings. The van der Waals surface area contributed by atoms with E-state index in [1.165, 1.54) is 0 Å². The van der Waals surface area contributed by atoms with E-state index < -0.39 is 0 Å². The van der Waals surface area contributed by atoms with E-state index in [-0.39, 0.29) is 5.56 Å². The zero-order valence-corrected chi connectivity index (χ0v) is 15.0. The van der Waals surface area contributed by atoms with Gasteiger partial charge in [0.25, 0.3) is 5.56 Å². The van der Waals surface area contributed by atoms with Crippen LogP contribution in [-0.2, 0) is 24.2 Å². The first-order valence-electron chi connectivity index (χ1n) is 9.03. The Bertz CT molecular complexity index is 830. The molecule has 2 aliphatic rings. The maximum atomic E-state index is 12.5. The molecule has 0 spiro atoms. The van der Waals surface area contributed by atoms with Crippen LogP contribution < -0.4 is 15.2 Å². The van der Waals surface area contributed by atoms with Crippen molar-refractivity contribution < 1.29 is 9.47 Å². The number of rotatable bonds is 4. The number of hydrogen-bond acceptors (Lipinski definition) is 6. The summed E-state index contributed by atoms with van der Waals surface area (Å²) in [5, 5.41) is 0. The number of nitrogens with one attached hydrogen (secondary N) is 1. The summed E-state index contributed by atoms with van der Waals surface area (Å²) >= 11 is 0. The Labute approximate surface area is 152 Å². The molecule has 2 aromatic rings. The van der Waals surface area contributed by atoms with Gasteiger partial charge in [-0.05, 0) is 12.5 Å². The van der Waals surface area contributed by atoms with Gasteiger partial charge >= 0.3 is 0 Å². The second-order valence-electron chi connectivity index (χ2n) is 6.69. The van der Waals surface area contributed by atoms with Gasteiger partial charge in [-0.25, -0.2) is 4.98 Å². The molecule has 0 atom stereocenters. The minimum absolute atomic E-state index is 0.00608. The van der Waals surface area contributed by atoms with Crippen molar-refractivity contribution in [1.82, 2.24) is 14.9 Å². The molecule has 3 heterocycles. The molecule has 0 bridgehead atoms. The summed E-state index contributed by atoms with van der Waals surface area (Å²) in [6, 6.07) is 8.06. The molecule has 0 amide bonds. The Morgan fingerprint density at radius 2 is 2.04 bits per heavy atom.